The molecule has 2 aliphatic rings. The van der Waals surface area contributed by atoms with E-state index in [0.29, 0.717) is 11.6 Å². The van der Waals surface area contributed by atoms with Crippen LogP contribution in [-0.4, -0.2) is 30.1 Å². The summed E-state index contributed by atoms with van der Waals surface area (Å²) in [6.07, 6.45) is 4.06. The number of nitrogens with one attached hydrogen (secondary N) is 1. The minimum Gasteiger partial charge on any atom is -0.309 e. The van der Waals surface area contributed by atoms with Gasteiger partial charge in [0.05, 0.1) is 6.04 Å². The van der Waals surface area contributed by atoms with Crippen molar-refractivity contribution < 1.29 is 0 Å². The molecule has 1 saturated heterocycles. The molecule has 2 fully saturated rings. The average molecular weight is 320 g/mol. The van der Waals surface area contributed by atoms with Crippen LogP contribution in [0.5, 0.6) is 0 Å². The zero-order chi connectivity index (χ0) is 16.4. The second kappa shape index (κ2) is 6.70. The summed E-state index contributed by atoms with van der Waals surface area (Å²) in [5, 5.41) is 3.89. The standard InChI is InChI=1S/C22H28N2/c1-2-22(23-15-18-13-14-18)16-24(17-22)21(19-9-5-3-6-10-19)20-11-7-4-8-12-20/h3-12,18,21,23H,2,13-17H2,1H3. The lowest BCUT2D eigenvalue weighted by Crippen LogP contribution is -2.69. The van der Waals surface area contributed by atoms with Crippen molar-refractivity contribution >= 4 is 0 Å². The molecular formula is C22H28N2. The summed E-state index contributed by atoms with van der Waals surface area (Å²) in [7, 11) is 0. The van der Waals surface area contributed by atoms with E-state index in [9.17, 15) is 0 Å². The number of nitrogens with zero attached hydrogens (tertiary/aromatic N) is 1. The fourth-order valence-electron chi connectivity index (χ4n) is 3.94. The van der Waals surface area contributed by atoms with Crippen molar-refractivity contribution in [3.8, 4) is 0 Å². The minimum atomic E-state index is 0.324. The summed E-state index contributed by atoms with van der Waals surface area (Å²) >= 11 is 0. The molecule has 2 aromatic rings. The molecule has 24 heavy (non-hydrogen) atoms. The van der Waals surface area contributed by atoms with E-state index in [4.69, 9.17) is 0 Å². The lowest BCUT2D eigenvalue weighted by atomic mass is 9.82. The summed E-state index contributed by atoms with van der Waals surface area (Å²) in [4.78, 5) is 2.63. The fourth-order valence-corrected chi connectivity index (χ4v) is 3.94. The van der Waals surface area contributed by atoms with Gasteiger partial charge in [-0.25, -0.2) is 0 Å². The predicted octanol–water partition coefficient (Wildman–Crippen LogP) is 4.24. The molecule has 1 aliphatic carbocycles. The third kappa shape index (κ3) is 3.26. The zero-order valence-corrected chi connectivity index (χ0v) is 14.6. The van der Waals surface area contributed by atoms with E-state index in [1.54, 1.807) is 0 Å². The topological polar surface area (TPSA) is 15.3 Å². The maximum Gasteiger partial charge on any atom is 0.0603 e. The quantitative estimate of drug-likeness (QED) is 0.821. The van der Waals surface area contributed by atoms with Gasteiger partial charge in [0.25, 0.3) is 0 Å². The van der Waals surface area contributed by atoms with Crippen molar-refractivity contribution in [3.63, 3.8) is 0 Å². The SMILES string of the molecule is CCC1(NCC2CC2)CN(C(c2ccccc2)c2ccccc2)C1. The number of rotatable bonds is 7. The van der Waals surface area contributed by atoms with E-state index in [1.807, 2.05) is 0 Å². The molecule has 126 valence electrons. The lowest BCUT2D eigenvalue weighted by Gasteiger charge is -2.54. The second-order valence-electron chi connectivity index (χ2n) is 7.59. The molecule has 0 spiro atoms. The Labute approximate surface area is 145 Å². The van der Waals surface area contributed by atoms with Crippen LogP contribution in [0.1, 0.15) is 43.4 Å². The van der Waals surface area contributed by atoms with E-state index < -0.39 is 0 Å². The lowest BCUT2D eigenvalue weighted by molar-refractivity contribution is 0.0135. The highest BCUT2D eigenvalue weighted by Gasteiger charge is 2.45. The number of benzene rings is 2. The molecule has 4 rings (SSSR count). The van der Waals surface area contributed by atoms with Crippen LogP contribution in [0.25, 0.3) is 0 Å². The molecule has 1 heterocycles. The summed E-state index contributed by atoms with van der Waals surface area (Å²) in [6, 6.07) is 22.3. The summed E-state index contributed by atoms with van der Waals surface area (Å²) in [5.74, 6) is 0.946. The van der Waals surface area contributed by atoms with Crippen LogP contribution < -0.4 is 5.32 Å². The molecule has 2 heteroatoms. The summed E-state index contributed by atoms with van der Waals surface area (Å²) in [5.41, 5.74) is 3.12. The van der Waals surface area contributed by atoms with Gasteiger partial charge >= 0.3 is 0 Å². The van der Waals surface area contributed by atoms with Crippen LogP contribution in [0.15, 0.2) is 60.7 Å². The van der Waals surface area contributed by atoms with Gasteiger partial charge in [-0.3, -0.25) is 4.90 Å². The number of likely N-dealkylation sites (tertiary alicyclic amines) is 1. The molecule has 0 unspecified atom stereocenters. The first-order valence-electron chi connectivity index (χ1n) is 9.39. The molecule has 1 N–H and O–H groups in total. The molecule has 2 nitrogen and oxygen atoms in total. The predicted molar refractivity (Wildman–Crippen MR) is 100 cm³/mol. The van der Waals surface area contributed by atoms with Gasteiger partial charge in [-0.1, -0.05) is 67.6 Å². The first-order valence-corrected chi connectivity index (χ1v) is 9.39. The number of hydrogen-bond acceptors (Lipinski definition) is 2. The molecule has 0 amide bonds. The molecule has 0 bridgehead atoms. The average Bonchev–Trinajstić information content (AvgIpc) is 3.43. The number of hydrogen-bond donors (Lipinski definition) is 1. The third-order valence-corrected chi connectivity index (χ3v) is 5.75. The van der Waals surface area contributed by atoms with E-state index in [2.05, 4.69) is 77.8 Å². The van der Waals surface area contributed by atoms with Gasteiger partial charge in [-0.05, 0) is 42.9 Å². The van der Waals surface area contributed by atoms with Crippen LogP contribution in [0.2, 0.25) is 0 Å². The Morgan fingerprint density at radius 1 is 0.958 bits per heavy atom. The highest BCUT2D eigenvalue weighted by atomic mass is 15.3. The van der Waals surface area contributed by atoms with Gasteiger partial charge in [0, 0.05) is 18.6 Å². The Morgan fingerprint density at radius 3 is 1.96 bits per heavy atom. The monoisotopic (exact) mass is 320 g/mol. The summed E-state index contributed by atoms with van der Waals surface area (Å²) < 4.78 is 0. The largest absolute Gasteiger partial charge is 0.309 e. The first kappa shape index (κ1) is 15.9. The van der Waals surface area contributed by atoms with Gasteiger partial charge in [0.2, 0.25) is 0 Å². The Hall–Kier alpha value is -1.64. The van der Waals surface area contributed by atoms with Crippen molar-refractivity contribution in [1.82, 2.24) is 10.2 Å². The van der Waals surface area contributed by atoms with Crippen LogP contribution in [0.4, 0.5) is 0 Å². The highest BCUT2D eigenvalue weighted by Crippen LogP contribution is 2.38. The van der Waals surface area contributed by atoms with E-state index in [1.165, 1.54) is 36.9 Å². The smallest absolute Gasteiger partial charge is 0.0603 e. The van der Waals surface area contributed by atoms with Crippen LogP contribution >= 0.6 is 0 Å². The zero-order valence-electron chi connectivity index (χ0n) is 14.6. The third-order valence-electron chi connectivity index (χ3n) is 5.75. The van der Waals surface area contributed by atoms with E-state index in [-0.39, 0.29) is 0 Å². The molecule has 0 aromatic heterocycles. The molecule has 1 aliphatic heterocycles. The van der Waals surface area contributed by atoms with Crippen molar-refractivity contribution in [1.29, 1.82) is 0 Å². The first-order chi connectivity index (χ1) is 11.8. The Balaban J connectivity index is 1.52. The van der Waals surface area contributed by atoms with Crippen molar-refractivity contribution in [3.05, 3.63) is 71.8 Å². The van der Waals surface area contributed by atoms with Gasteiger partial charge in [0.15, 0.2) is 0 Å². The van der Waals surface area contributed by atoms with Crippen molar-refractivity contribution in [2.75, 3.05) is 19.6 Å². The maximum absolute atomic E-state index is 3.89. The van der Waals surface area contributed by atoms with E-state index >= 15 is 0 Å². The Bertz CT molecular complexity index is 603. The minimum absolute atomic E-state index is 0.324. The molecule has 1 saturated carbocycles. The Morgan fingerprint density at radius 2 is 1.50 bits per heavy atom. The van der Waals surface area contributed by atoms with Crippen LogP contribution in [-0.2, 0) is 0 Å². The van der Waals surface area contributed by atoms with Crippen LogP contribution in [0, 0.1) is 5.92 Å². The normalized spacial score (nSPS) is 20.1. The second-order valence-corrected chi connectivity index (χ2v) is 7.59. The summed E-state index contributed by atoms with van der Waals surface area (Å²) in [6.45, 7) is 5.83. The molecule has 0 atom stereocenters. The van der Waals surface area contributed by atoms with Crippen LogP contribution in [0.3, 0.4) is 0 Å². The Kier molecular flexibility index (Phi) is 4.43. The van der Waals surface area contributed by atoms with E-state index in [0.717, 1.165) is 19.0 Å². The van der Waals surface area contributed by atoms with Crippen molar-refractivity contribution in [2.24, 2.45) is 5.92 Å². The van der Waals surface area contributed by atoms with Crippen molar-refractivity contribution in [2.45, 2.75) is 37.8 Å². The maximum atomic E-state index is 3.89. The van der Waals surface area contributed by atoms with Gasteiger partial charge in [0.1, 0.15) is 0 Å². The highest BCUT2D eigenvalue weighted by molar-refractivity contribution is 5.33. The van der Waals surface area contributed by atoms with Gasteiger partial charge in [-0.15, -0.1) is 0 Å². The molecular weight excluding hydrogens is 292 g/mol. The molecule has 2 aromatic carbocycles. The van der Waals surface area contributed by atoms with Gasteiger partial charge in [-0.2, -0.15) is 0 Å². The fraction of sp³-hybridized carbons (Fsp3) is 0.455. The molecule has 0 radical (unpaired) electrons. The van der Waals surface area contributed by atoms with Gasteiger partial charge < -0.3 is 5.32 Å².